The summed E-state index contributed by atoms with van der Waals surface area (Å²) in [4.78, 5) is 29.0. The quantitative estimate of drug-likeness (QED) is 0.640. The van der Waals surface area contributed by atoms with Crippen LogP contribution < -0.4 is 0 Å². The van der Waals surface area contributed by atoms with Crippen LogP contribution in [0, 0.1) is 11.8 Å². The summed E-state index contributed by atoms with van der Waals surface area (Å²) < 4.78 is 27.3. The lowest BCUT2D eigenvalue weighted by atomic mass is 9.96. The van der Waals surface area contributed by atoms with Crippen molar-refractivity contribution in [1.82, 2.24) is 14.1 Å². The average Bonchev–Trinajstić information content (AvgIpc) is 3.58. The highest BCUT2D eigenvalue weighted by Gasteiger charge is 2.35. The summed E-state index contributed by atoms with van der Waals surface area (Å²) in [6, 6.07) is 6.08. The molecule has 2 saturated heterocycles. The van der Waals surface area contributed by atoms with E-state index in [1.165, 1.54) is 42.7 Å². The number of rotatable bonds is 6. The number of Topliss-reactive ketones (excluding diaryl/α,β-unsaturated/α-hetero) is 1. The number of ketones is 1. The highest BCUT2D eigenvalue weighted by molar-refractivity contribution is 7.89. The van der Waals surface area contributed by atoms with E-state index < -0.39 is 10.0 Å². The number of hydrogen-bond donors (Lipinski definition) is 0. The Hall–Kier alpha value is -1.77. The van der Waals surface area contributed by atoms with Crippen LogP contribution in [-0.2, 0) is 14.8 Å². The molecule has 7 nitrogen and oxygen atoms in total. The van der Waals surface area contributed by atoms with E-state index in [1.807, 2.05) is 4.90 Å². The molecule has 3 aliphatic rings. The van der Waals surface area contributed by atoms with Gasteiger partial charge in [0.15, 0.2) is 5.78 Å². The normalized spacial score (nSPS) is 22.2. The van der Waals surface area contributed by atoms with Crippen molar-refractivity contribution in [3.63, 3.8) is 0 Å². The first-order valence-corrected chi connectivity index (χ1v) is 12.4. The van der Waals surface area contributed by atoms with Gasteiger partial charge >= 0.3 is 0 Å². The second kappa shape index (κ2) is 8.77. The molecule has 0 aromatic heterocycles. The van der Waals surface area contributed by atoms with Crippen molar-refractivity contribution in [3.05, 3.63) is 29.8 Å². The van der Waals surface area contributed by atoms with Gasteiger partial charge in [0.25, 0.3) is 0 Å². The number of carbonyl (C=O) groups is 2. The topological polar surface area (TPSA) is 78.0 Å². The van der Waals surface area contributed by atoms with Crippen LogP contribution in [0.2, 0.25) is 0 Å². The molecule has 1 amide bonds. The van der Waals surface area contributed by atoms with Crippen LogP contribution in [-0.4, -0.2) is 80.0 Å². The monoisotopic (exact) mass is 433 g/mol. The van der Waals surface area contributed by atoms with Crippen LogP contribution in [0.3, 0.4) is 0 Å². The highest BCUT2D eigenvalue weighted by atomic mass is 32.2. The van der Waals surface area contributed by atoms with Gasteiger partial charge in [-0.05, 0) is 50.7 Å². The van der Waals surface area contributed by atoms with Crippen molar-refractivity contribution in [2.75, 3.05) is 45.8 Å². The van der Waals surface area contributed by atoms with Crippen LogP contribution >= 0.6 is 0 Å². The van der Waals surface area contributed by atoms with E-state index in [1.54, 1.807) is 12.1 Å². The Morgan fingerprint density at radius 2 is 1.50 bits per heavy atom. The van der Waals surface area contributed by atoms with Gasteiger partial charge in [-0.25, -0.2) is 8.42 Å². The summed E-state index contributed by atoms with van der Waals surface area (Å²) >= 11 is 0. The molecule has 0 unspecified atom stereocenters. The van der Waals surface area contributed by atoms with Gasteiger partial charge in [0.05, 0.1) is 4.90 Å². The number of amides is 1. The van der Waals surface area contributed by atoms with Crippen LogP contribution in [0.25, 0.3) is 0 Å². The van der Waals surface area contributed by atoms with Crippen molar-refractivity contribution in [2.24, 2.45) is 11.8 Å². The SMILES string of the molecule is CC(=O)c1ccc(S(=O)(=O)N2CCC(C(=O)N3CCN(CC4CC4)CC3)CC2)cc1. The maximum atomic E-state index is 12.9. The Morgan fingerprint density at radius 1 is 0.900 bits per heavy atom. The third-order valence-electron chi connectivity index (χ3n) is 6.60. The van der Waals surface area contributed by atoms with Crippen molar-refractivity contribution < 1.29 is 18.0 Å². The summed E-state index contributed by atoms with van der Waals surface area (Å²) in [5.74, 6) is 0.874. The van der Waals surface area contributed by atoms with E-state index in [2.05, 4.69) is 4.90 Å². The van der Waals surface area contributed by atoms with E-state index in [0.29, 0.717) is 31.5 Å². The average molecular weight is 434 g/mol. The van der Waals surface area contributed by atoms with E-state index >= 15 is 0 Å². The lowest BCUT2D eigenvalue weighted by molar-refractivity contribution is -0.138. The molecule has 1 aromatic carbocycles. The fraction of sp³-hybridized carbons (Fsp3) is 0.636. The molecule has 2 aliphatic heterocycles. The molecule has 0 N–H and O–H groups in total. The number of piperazine rings is 1. The smallest absolute Gasteiger partial charge is 0.243 e. The zero-order valence-electron chi connectivity index (χ0n) is 17.6. The lowest BCUT2D eigenvalue weighted by Crippen LogP contribution is -2.52. The largest absolute Gasteiger partial charge is 0.340 e. The number of nitrogens with zero attached hydrogens (tertiary/aromatic N) is 3. The van der Waals surface area contributed by atoms with E-state index in [9.17, 15) is 18.0 Å². The summed E-state index contributed by atoms with van der Waals surface area (Å²) in [5, 5.41) is 0. The van der Waals surface area contributed by atoms with Crippen molar-refractivity contribution in [1.29, 1.82) is 0 Å². The predicted octanol–water partition coefficient (Wildman–Crippen LogP) is 1.84. The lowest BCUT2D eigenvalue weighted by Gasteiger charge is -2.38. The number of hydrogen-bond acceptors (Lipinski definition) is 5. The van der Waals surface area contributed by atoms with Gasteiger partial charge in [-0.15, -0.1) is 0 Å². The summed E-state index contributed by atoms with van der Waals surface area (Å²) in [6.45, 7) is 6.81. The number of carbonyl (C=O) groups excluding carboxylic acids is 2. The van der Waals surface area contributed by atoms with Crippen molar-refractivity contribution in [2.45, 2.75) is 37.5 Å². The van der Waals surface area contributed by atoms with Gasteiger partial charge in [0, 0.05) is 57.3 Å². The minimum absolute atomic E-state index is 0.0911. The second-order valence-electron chi connectivity index (χ2n) is 8.83. The molecule has 2 heterocycles. The molecule has 1 aromatic rings. The number of benzene rings is 1. The summed E-state index contributed by atoms with van der Waals surface area (Å²) in [5.41, 5.74) is 0.496. The van der Waals surface area contributed by atoms with Gasteiger partial charge in [-0.1, -0.05) is 12.1 Å². The highest BCUT2D eigenvalue weighted by Crippen LogP contribution is 2.30. The summed E-state index contributed by atoms with van der Waals surface area (Å²) in [7, 11) is -3.60. The zero-order chi connectivity index (χ0) is 21.3. The maximum Gasteiger partial charge on any atom is 0.243 e. The molecule has 1 saturated carbocycles. The molecule has 8 heteroatoms. The van der Waals surface area contributed by atoms with Gasteiger partial charge in [0.2, 0.25) is 15.9 Å². The van der Waals surface area contributed by atoms with Gasteiger partial charge < -0.3 is 4.90 Å². The predicted molar refractivity (Wildman–Crippen MR) is 114 cm³/mol. The molecule has 4 rings (SSSR count). The molecular weight excluding hydrogens is 402 g/mol. The molecule has 0 bridgehead atoms. The van der Waals surface area contributed by atoms with Gasteiger partial charge in [-0.3, -0.25) is 14.5 Å². The van der Waals surface area contributed by atoms with Crippen LogP contribution in [0.4, 0.5) is 0 Å². The standard InChI is InChI=1S/C22H31N3O4S/c1-17(26)19-4-6-21(7-5-19)30(28,29)25-10-8-20(9-11-25)22(27)24-14-12-23(13-15-24)16-18-2-3-18/h4-7,18,20H,2-3,8-16H2,1H3. The third kappa shape index (κ3) is 4.76. The van der Waals surface area contributed by atoms with E-state index in [-0.39, 0.29) is 22.5 Å². The zero-order valence-corrected chi connectivity index (χ0v) is 18.4. The Bertz CT molecular complexity index is 879. The van der Waals surface area contributed by atoms with E-state index in [0.717, 1.165) is 32.1 Å². The first kappa shape index (κ1) is 21.5. The van der Waals surface area contributed by atoms with Crippen molar-refractivity contribution in [3.8, 4) is 0 Å². The van der Waals surface area contributed by atoms with E-state index in [4.69, 9.17) is 0 Å². The fourth-order valence-electron chi connectivity index (χ4n) is 4.43. The molecular formula is C22H31N3O4S. The number of sulfonamides is 1. The van der Waals surface area contributed by atoms with Crippen LogP contribution in [0.1, 0.15) is 43.0 Å². The molecule has 1 aliphatic carbocycles. The van der Waals surface area contributed by atoms with Gasteiger partial charge in [0.1, 0.15) is 0 Å². The molecule has 3 fully saturated rings. The fourth-order valence-corrected chi connectivity index (χ4v) is 5.90. The Morgan fingerprint density at radius 3 is 2.03 bits per heavy atom. The van der Waals surface area contributed by atoms with Crippen LogP contribution in [0.15, 0.2) is 29.2 Å². The molecule has 0 radical (unpaired) electrons. The number of piperidine rings is 1. The summed E-state index contributed by atoms with van der Waals surface area (Å²) in [6.07, 6.45) is 3.82. The first-order chi connectivity index (χ1) is 14.3. The molecule has 0 atom stereocenters. The van der Waals surface area contributed by atoms with Gasteiger partial charge in [-0.2, -0.15) is 4.31 Å². The first-order valence-electron chi connectivity index (χ1n) is 11.0. The minimum atomic E-state index is -3.60. The molecule has 30 heavy (non-hydrogen) atoms. The Labute approximate surface area is 179 Å². The van der Waals surface area contributed by atoms with Crippen LogP contribution in [0.5, 0.6) is 0 Å². The molecule has 164 valence electrons. The minimum Gasteiger partial charge on any atom is -0.340 e. The van der Waals surface area contributed by atoms with Crippen molar-refractivity contribution >= 4 is 21.7 Å². The maximum absolute atomic E-state index is 12.9. The molecule has 0 spiro atoms. The Balaban J connectivity index is 1.29. The second-order valence-corrected chi connectivity index (χ2v) is 10.8. The Kier molecular flexibility index (Phi) is 6.27. The third-order valence-corrected chi connectivity index (χ3v) is 8.51.